The summed E-state index contributed by atoms with van der Waals surface area (Å²) in [6.45, 7) is 12.2. The number of H-pyrrole nitrogens is 1. The molecule has 0 radical (unpaired) electrons. The highest BCUT2D eigenvalue weighted by atomic mass is 16.5. The number of hydrogen-bond acceptors (Lipinski definition) is 1. The Bertz CT molecular complexity index is 987. The van der Waals surface area contributed by atoms with Gasteiger partial charge in [0.2, 0.25) is 0 Å². The van der Waals surface area contributed by atoms with Crippen molar-refractivity contribution in [3.63, 3.8) is 0 Å². The summed E-state index contributed by atoms with van der Waals surface area (Å²) < 4.78 is 6.44. The predicted molar refractivity (Wildman–Crippen MR) is 119 cm³/mol. The van der Waals surface area contributed by atoms with Gasteiger partial charge in [0.1, 0.15) is 5.75 Å². The number of aromatic amines is 1. The number of aromatic nitrogens is 1. The van der Waals surface area contributed by atoms with Crippen molar-refractivity contribution < 1.29 is 4.74 Å². The summed E-state index contributed by atoms with van der Waals surface area (Å²) in [6.07, 6.45) is 7.01. The molecule has 1 aliphatic carbocycles. The van der Waals surface area contributed by atoms with Crippen molar-refractivity contribution >= 4 is 10.9 Å². The molecule has 2 heteroatoms. The SMILES string of the molecule is CC(C)(C)c1cc(OCC(C)(C)c2cccc3[nH]ccc23)cc2c1CCCC2. The van der Waals surface area contributed by atoms with E-state index in [2.05, 4.69) is 76.0 Å². The van der Waals surface area contributed by atoms with Crippen LogP contribution in [0.15, 0.2) is 42.6 Å². The second-order valence-corrected chi connectivity index (χ2v) is 9.98. The lowest BCUT2D eigenvalue weighted by atomic mass is 9.78. The topological polar surface area (TPSA) is 25.0 Å². The molecule has 0 amide bonds. The van der Waals surface area contributed by atoms with Gasteiger partial charge in [0, 0.05) is 22.5 Å². The highest BCUT2D eigenvalue weighted by molar-refractivity contribution is 5.84. The van der Waals surface area contributed by atoms with Gasteiger partial charge in [-0.15, -0.1) is 0 Å². The van der Waals surface area contributed by atoms with Gasteiger partial charge in [-0.1, -0.05) is 46.8 Å². The monoisotopic (exact) mass is 375 g/mol. The Morgan fingerprint density at radius 1 is 0.929 bits per heavy atom. The van der Waals surface area contributed by atoms with Gasteiger partial charge >= 0.3 is 0 Å². The van der Waals surface area contributed by atoms with E-state index in [1.165, 1.54) is 53.3 Å². The van der Waals surface area contributed by atoms with Crippen LogP contribution in [0.3, 0.4) is 0 Å². The van der Waals surface area contributed by atoms with Crippen molar-refractivity contribution in [2.75, 3.05) is 6.61 Å². The van der Waals surface area contributed by atoms with Crippen molar-refractivity contribution in [1.29, 1.82) is 0 Å². The Morgan fingerprint density at radius 2 is 1.71 bits per heavy atom. The lowest BCUT2D eigenvalue weighted by Crippen LogP contribution is -2.27. The standard InChI is InChI=1S/C26H33NO/c1-25(2,3)23-16-19(15-18-9-6-7-10-20(18)23)28-17-26(4,5)22-11-8-12-24-21(22)13-14-27-24/h8,11-16,27H,6-7,9-10,17H2,1-5H3. The summed E-state index contributed by atoms with van der Waals surface area (Å²) in [6, 6.07) is 13.3. The van der Waals surface area contributed by atoms with Crippen molar-refractivity contribution in [2.45, 2.75) is 71.1 Å². The van der Waals surface area contributed by atoms with Gasteiger partial charge in [0.25, 0.3) is 0 Å². The average Bonchev–Trinajstić information content (AvgIpc) is 3.13. The van der Waals surface area contributed by atoms with Gasteiger partial charge in [0.05, 0.1) is 6.61 Å². The third-order valence-corrected chi connectivity index (χ3v) is 6.17. The molecule has 0 bridgehead atoms. The second-order valence-electron chi connectivity index (χ2n) is 9.98. The summed E-state index contributed by atoms with van der Waals surface area (Å²) in [7, 11) is 0. The van der Waals surface area contributed by atoms with Crippen LogP contribution in [0.5, 0.6) is 5.75 Å². The minimum atomic E-state index is -0.0699. The van der Waals surface area contributed by atoms with Crippen LogP contribution < -0.4 is 4.74 Å². The Kier molecular flexibility index (Phi) is 4.77. The van der Waals surface area contributed by atoms with Crippen LogP contribution in [-0.4, -0.2) is 11.6 Å². The molecule has 0 unspecified atom stereocenters. The molecule has 3 aromatic rings. The van der Waals surface area contributed by atoms with Crippen LogP contribution in [0.2, 0.25) is 0 Å². The maximum atomic E-state index is 6.44. The summed E-state index contributed by atoms with van der Waals surface area (Å²) >= 11 is 0. The predicted octanol–water partition coefficient (Wildman–Crippen LogP) is 6.70. The lowest BCUT2D eigenvalue weighted by molar-refractivity contribution is 0.241. The highest BCUT2D eigenvalue weighted by Gasteiger charge is 2.26. The minimum Gasteiger partial charge on any atom is -0.493 e. The molecular formula is C26H33NO. The molecule has 0 saturated heterocycles. The van der Waals surface area contributed by atoms with Crippen molar-refractivity contribution in [3.8, 4) is 5.75 Å². The Hall–Kier alpha value is -2.22. The maximum absolute atomic E-state index is 6.44. The Balaban J connectivity index is 1.63. The maximum Gasteiger partial charge on any atom is 0.119 e. The quantitative estimate of drug-likeness (QED) is 0.539. The summed E-state index contributed by atoms with van der Waals surface area (Å²) in [5.41, 5.74) is 7.13. The normalized spacial score (nSPS) is 14.9. The van der Waals surface area contributed by atoms with E-state index in [4.69, 9.17) is 4.74 Å². The Morgan fingerprint density at radius 3 is 2.50 bits per heavy atom. The highest BCUT2D eigenvalue weighted by Crippen LogP contribution is 2.37. The van der Waals surface area contributed by atoms with Crippen LogP contribution in [0.1, 0.15) is 69.7 Å². The largest absolute Gasteiger partial charge is 0.493 e. The summed E-state index contributed by atoms with van der Waals surface area (Å²) in [5.74, 6) is 1.03. The molecule has 0 fully saturated rings. The molecule has 1 heterocycles. The average molecular weight is 376 g/mol. The molecule has 2 aromatic carbocycles. The van der Waals surface area contributed by atoms with E-state index in [1.807, 2.05) is 6.20 Å². The summed E-state index contributed by atoms with van der Waals surface area (Å²) in [4.78, 5) is 3.32. The van der Waals surface area contributed by atoms with Crippen LogP contribution >= 0.6 is 0 Å². The molecule has 0 saturated carbocycles. The van der Waals surface area contributed by atoms with Gasteiger partial charge in [0.15, 0.2) is 0 Å². The smallest absolute Gasteiger partial charge is 0.119 e. The van der Waals surface area contributed by atoms with Crippen LogP contribution in [0, 0.1) is 0 Å². The van der Waals surface area contributed by atoms with Crippen LogP contribution in [0.4, 0.5) is 0 Å². The summed E-state index contributed by atoms with van der Waals surface area (Å²) in [5, 5.41) is 1.29. The van der Waals surface area contributed by atoms with E-state index in [-0.39, 0.29) is 10.8 Å². The number of hydrogen-bond donors (Lipinski definition) is 1. The zero-order valence-electron chi connectivity index (χ0n) is 18.0. The third kappa shape index (κ3) is 3.57. The molecule has 4 rings (SSSR count). The molecule has 1 aromatic heterocycles. The molecule has 0 spiro atoms. The van der Waals surface area contributed by atoms with E-state index in [9.17, 15) is 0 Å². The van der Waals surface area contributed by atoms with E-state index in [0.29, 0.717) is 6.61 Å². The molecule has 28 heavy (non-hydrogen) atoms. The van der Waals surface area contributed by atoms with Crippen LogP contribution in [0.25, 0.3) is 10.9 Å². The Labute approximate surface area is 169 Å². The van der Waals surface area contributed by atoms with Gasteiger partial charge < -0.3 is 9.72 Å². The van der Waals surface area contributed by atoms with E-state index >= 15 is 0 Å². The first kappa shape index (κ1) is 19.1. The number of rotatable bonds is 4. The molecule has 0 atom stereocenters. The number of benzene rings is 2. The van der Waals surface area contributed by atoms with Gasteiger partial charge in [-0.25, -0.2) is 0 Å². The molecule has 1 N–H and O–H groups in total. The number of ether oxygens (including phenoxy) is 1. The van der Waals surface area contributed by atoms with E-state index < -0.39 is 0 Å². The molecular weight excluding hydrogens is 342 g/mol. The fraction of sp³-hybridized carbons (Fsp3) is 0.462. The molecule has 2 nitrogen and oxygen atoms in total. The van der Waals surface area contributed by atoms with Crippen molar-refractivity contribution in [1.82, 2.24) is 4.98 Å². The van der Waals surface area contributed by atoms with Gasteiger partial charge in [-0.3, -0.25) is 0 Å². The molecule has 0 aliphatic heterocycles. The minimum absolute atomic E-state index is 0.0699. The van der Waals surface area contributed by atoms with E-state index in [1.54, 1.807) is 5.56 Å². The fourth-order valence-electron chi connectivity index (χ4n) is 4.61. The first-order chi connectivity index (χ1) is 13.3. The number of aryl methyl sites for hydroxylation is 1. The zero-order chi connectivity index (χ0) is 19.9. The van der Waals surface area contributed by atoms with Crippen LogP contribution in [-0.2, 0) is 23.7 Å². The number of nitrogens with one attached hydrogen (secondary N) is 1. The lowest BCUT2D eigenvalue weighted by Gasteiger charge is -2.30. The van der Waals surface area contributed by atoms with Gasteiger partial charge in [-0.05, 0) is 77.6 Å². The first-order valence-corrected chi connectivity index (χ1v) is 10.6. The first-order valence-electron chi connectivity index (χ1n) is 10.6. The van der Waals surface area contributed by atoms with Crippen molar-refractivity contribution in [3.05, 3.63) is 64.8 Å². The third-order valence-electron chi connectivity index (χ3n) is 6.17. The number of fused-ring (bicyclic) bond motifs is 2. The fourth-order valence-corrected chi connectivity index (χ4v) is 4.61. The van der Waals surface area contributed by atoms with E-state index in [0.717, 1.165) is 5.75 Å². The van der Waals surface area contributed by atoms with Crippen molar-refractivity contribution in [2.24, 2.45) is 0 Å². The molecule has 148 valence electrons. The second kappa shape index (κ2) is 6.99. The van der Waals surface area contributed by atoms with Gasteiger partial charge in [-0.2, -0.15) is 0 Å². The zero-order valence-corrected chi connectivity index (χ0v) is 18.0. The molecule has 1 aliphatic rings.